The molecule has 8 heteroatoms. The summed E-state index contributed by atoms with van der Waals surface area (Å²) in [5.41, 5.74) is 1.08. The number of imidazole rings is 1. The molecule has 0 bridgehead atoms. The largest absolute Gasteiger partial charge is 0.491 e. The summed E-state index contributed by atoms with van der Waals surface area (Å²) in [6.45, 7) is 5.14. The molecule has 0 atom stereocenters. The van der Waals surface area contributed by atoms with Crippen molar-refractivity contribution in [1.82, 2.24) is 14.9 Å². The van der Waals surface area contributed by atoms with Gasteiger partial charge in [-0.15, -0.1) is 24.8 Å². The Hall–Kier alpha value is -1.14. The van der Waals surface area contributed by atoms with Gasteiger partial charge >= 0.3 is 0 Å². The second-order valence-corrected chi connectivity index (χ2v) is 5.28. The molecule has 1 heterocycles. The van der Waals surface area contributed by atoms with Crippen LogP contribution in [0.4, 0.5) is 0 Å². The number of ether oxygens (including phenoxy) is 2. The maximum atomic E-state index is 6.23. The number of halogens is 3. The van der Waals surface area contributed by atoms with Crippen molar-refractivity contribution < 1.29 is 9.47 Å². The molecule has 5 nitrogen and oxygen atoms in total. The van der Waals surface area contributed by atoms with Crippen LogP contribution in [0.25, 0.3) is 0 Å². The number of aryl methyl sites for hydroxylation is 1. The summed E-state index contributed by atoms with van der Waals surface area (Å²) in [6.07, 6.45) is 6.63. The summed E-state index contributed by atoms with van der Waals surface area (Å²) in [4.78, 5) is 4.02. The quantitative estimate of drug-likeness (QED) is 0.652. The Morgan fingerprint density at radius 1 is 1.29 bits per heavy atom. The Labute approximate surface area is 160 Å². The van der Waals surface area contributed by atoms with Crippen LogP contribution in [0.5, 0.6) is 11.5 Å². The van der Waals surface area contributed by atoms with Gasteiger partial charge in [-0.2, -0.15) is 0 Å². The Balaban J connectivity index is 0.00000264. The third-order valence-corrected chi connectivity index (χ3v) is 3.51. The summed E-state index contributed by atoms with van der Waals surface area (Å²) < 4.78 is 12.9. The van der Waals surface area contributed by atoms with Crippen molar-refractivity contribution in [2.24, 2.45) is 0 Å². The van der Waals surface area contributed by atoms with Gasteiger partial charge in [-0.3, -0.25) is 0 Å². The van der Waals surface area contributed by atoms with Gasteiger partial charge in [0.2, 0.25) is 0 Å². The van der Waals surface area contributed by atoms with Crippen molar-refractivity contribution in [3.63, 3.8) is 0 Å². The maximum absolute atomic E-state index is 6.23. The van der Waals surface area contributed by atoms with E-state index in [0.717, 1.165) is 31.6 Å². The third kappa shape index (κ3) is 6.77. The first kappa shape index (κ1) is 22.9. The van der Waals surface area contributed by atoms with E-state index in [9.17, 15) is 0 Å². The molecule has 1 aromatic carbocycles. The number of hydrogen-bond donors (Lipinski definition) is 1. The first-order chi connectivity index (χ1) is 10.7. The van der Waals surface area contributed by atoms with Crippen LogP contribution in [0, 0.1) is 0 Å². The molecule has 2 aromatic rings. The highest BCUT2D eigenvalue weighted by Gasteiger charge is 2.11. The SMILES string of the molecule is CCOc1cc(CNCCCn2ccnc2)cc(Cl)c1OC.Cl.Cl. The topological polar surface area (TPSA) is 48.3 Å². The van der Waals surface area contributed by atoms with Crippen molar-refractivity contribution in [3.05, 3.63) is 41.4 Å². The van der Waals surface area contributed by atoms with Crippen molar-refractivity contribution in [2.45, 2.75) is 26.4 Å². The summed E-state index contributed by atoms with van der Waals surface area (Å²) in [5.74, 6) is 1.28. The smallest absolute Gasteiger partial charge is 0.179 e. The molecule has 2 rings (SSSR count). The lowest BCUT2D eigenvalue weighted by Gasteiger charge is -2.13. The zero-order chi connectivity index (χ0) is 15.8. The van der Waals surface area contributed by atoms with E-state index in [4.69, 9.17) is 21.1 Å². The highest BCUT2D eigenvalue weighted by atomic mass is 35.5. The summed E-state index contributed by atoms with van der Waals surface area (Å²) in [6, 6.07) is 3.88. The van der Waals surface area contributed by atoms with Crippen LogP contribution in [0.1, 0.15) is 18.9 Å². The number of rotatable bonds is 9. The first-order valence-electron chi connectivity index (χ1n) is 7.40. The molecule has 0 unspecified atom stereocenters. The van der Waals surface area contributed by atoms with Gasteiger partial charge in [0.1, 0.15) is 0 Å². The van der Waals surface area contributed by atoms with E-state index in [-0.39, 0.29) is 24.8 Å². The molecule has 1 N–H and O–H groups in total. The standard InChI is InChI=1S/C16H22ClN3O2.2ClH/c1-3-22-15-10-13(9-14(17)16(15)21-2)11-18-5-4-7-20-8-6-19-12-20;;/h6,8-10,12,18H,3-5,7,11H2,1-2H3;2*1H. The molecule has 136 valence electrons. The highest BCUT2D eigenvalue weighted by Crippen LogP contribution is 2.36. The van der Waals surface area contributed by atoms with E-state index in [2.05, 4.69) is 14.9 Å². The zero-order valence-corrected chi connectivity index (χ0v) is 16.2. The lowest BCUT2D eigenvalue weighted by molar-refractivity contribution is 0.310. The Morgan fingerprint density at radius 3 is 2.71 bits per heavy atom. The van der Waals surface area contributed by atoms with Gasteiger partial charge in [-0.05, 0) is 37.6 Å². The van der Waals surface area contributed by atoms with Crippen LogP contribution in [-0.4, -0.2) is 29.8 Å². The van der Waals surface area contributed by atoms with Crippen LogP contribution in [0.3, 0.4) is 0 Å². The van der Waals surface area contributed by atoms with Gasteiger partial charge in [0.05, 0.1) is 25.1 Å². The maximum Gasteiger partial charge on any atom is 0.179 e. The Bertz CT molecular complexity index is 580. The number of aromatic nitrogens is 2. The molecule has 0 radical (unpaired) electrons. The van der Waals surface area contributed by atoms with Gasteiger partial charge in [-0.1, -0.05) is 11.6 Å². The molecule has 0 saturated heterocycles. The van der Waals surface area contributed by atoms with Crippen molar-refractivity contribution >= 4 is 36.4 Å². The fraction of sp³-hybridized carbons (Fsp3) is 0.438. The van der Waals surface area contributed by atoms with Gasteiger partial charge in [0.25, 0.3) is 0 Å². The van der Waals surface area contributed by atoms with Crippen molar-refractivity contribution in [2.75, 3.05) is 20.3 Å². The van der Waals surface area contributed by atoms with E-state index in [1.807, 2.05) is 31.6 Å². The molecule has 0 aliphatic rings. The van der Waals surface area contributed by atoms with Gasteiger partial charge < -0.3 is 19.4 Å². The number of nitrogens with one attached hydrogen (secondary N) is 1. The van der Waals surface area contributed by atoms with Crippen LogP contribution in [0.15, 0.2) is 30.9 Å². The van der Waals surface area contributed by atoms with E-state index < -0.39 is 0 Å². The Kier molecular flexibility index (Phi) is 11.7. The van der Waals surface area contributed by atoms with Crippen molar-refractivity contribution in [1.29, 1.82) is 0 Å². The molecule has 0 aliphatic heterocycles. The summed E-state index contributed by atoms with van der Waals surface area (Å²) >= 11 is 6.23. The van der Waals surface area contributed by atoms with Crippen LogP contribution >= 0.6 is 36.4 Å². The molecule has 0 amide bonds. The minimum Gasteiger partial charge on any atom is -0.491 e. The molecule has 1 aromatic heterocycles. The number of nitrogens with zero attached hydrogens (tertiary/aromatic N) is 2. The molecule has 0 aliphatic carbocycles. The van der Waals surface area contributed by atoms with Crippen LogP contribution in [0.2, 0.25) is 5.02 Å². The van der Waals surface area contributed by atoms with Crippen LogP contribution < -0.4 is 14.8 Å². The highest BCUT2D eigenvalue weighted by molar-refractivity contribution is 6.32. The van der Waals surface area contributed by atoms with E-state index >= 15 is 0 Å². The van der Waals surface area contributed by atoms with E-state index in [1.165, 1.54) is 0 Å². The molecular weight excluding hydrogens is 373 g/mol. The lowest BCUT2D eigenvalue weighted by Crippen LogP contribution is -2.16. The minimum absolute atomic E-state index is 0. The number of methoxy groups -OCH3 is 1. The predicted octanol–water partition coefficient (Wildman–Crippen LogP) is 3.97. The predicted molar refractivity (Wildman–Crippen MR) is 102 cm³/mol. The van der Waals surface area contributed by atoms with Crippen LogP contribution in [-0.2, 0) is 13.1 Å². The van der Waals surface area contributed by atoms with E-state index in [0.29, 0.717) is 23.1 Å². The second-order valence-electron chi connectivity index (χ2n) is 4.87. The zero-order valence-electron chi connectivity index (χ0n) is 13.8. The number of hydrogen-bond acceptors (Lipinski definition) is 4. The fourth-order valence-electron chi connectivity index (χ4n) is 2.22. The van der Waals surface area contributed by atoms with Gasteiger partial charge in [0.15, 0.2) is 11.5 Å². The molecule has 0 fully saturated rings. The first-order valence-corrected chi connectivity index (χ1v) is 7.78. The average molecular weight is 397 g/mol. The average Bonchev–Trinajstić information content (AvgIpc) is 3.00. The minimum atomic E-state index is 0. The second kappa shape index (κ2) is 12.3. The van der Waals surface area contributed by atoms with Crippen molar-refractivity contribution in [3.8, 4) is 11.5 Å². The molecular formula is C16H24Cl3N3O2. The lowest BCUT2D eigenvalue weighted by atomic mass is 10.2. The van der Waals surface area contributed by atoms with Gasteiger partial charge in [0, 0.05) is 25.5 Å². The number of benzene rings is 1. The van der Waals surface area contributed by atoms with Gasteiger partial charge in [-0.25, -0.2) is 4.98 Å². The summed E-state index contributed by atoms with van der Waals surface area (Å²) in [5, 5.41) is 3.98. The molecule has 24 heavy (non-hydrogen) atoms. The monoisotopic (exact) mass is 395 g/mol. The molecule has 0 saturated carbocycles. The Morgan fingerprint density at radius 2 is 2.08 bits per heavy atom. The normalized spacial score (nSPS) is 9.79. The summed E-state index contributed by atoms with van der Waals surface area (Å²) in [7, 11) is 1.60. The fourth-order valence-corrected chi connectivity index (χ4v) is 2.53. The van der Waals surface area contributed by atoms with E-state index in [1.54, 1.807) is 13.3 Å². The molecule has 0 spiro atoms. The third-order valence-electron chi connectivity index (χ3n) is 3.23.